The van der Waals surface area contributed by atoms with Crippen molar-refractivity contribution in [3.05, 3.63) is 176 Å². The highest BCUT2D eigenvalue weighted by atomic mass is 32.1. The normalized spacial score (nSPS) is 11.7. The maximum absolute atomic E-state index is 5.10. The molecule has 2 heteroatoms. The minimum atomic E-state index is 1.03. The van der Waals surface area contributed by atoms with Crippen molar-refractivity contribution >= 4 is 64.1 Å². The third kappa shape index (κ3) is 4.49. The monoisotopic (exact) mass is 639 g/mol. The topological polar surface area (TPSA) is 12.9 Å². The van der Waals surface area contributed by atoms with Crippen LogP contribution in [0.25, 0.3) is 97.3 Å². The number of fused-ring (bicyclic) bond motifs is 6. The molecular formula is C47H29NS. The number of para-hydroxylation sites is 1. The molecule has 0 N–H and O–H groups in total. The van der Waals surface area contributed by atoms with Crippen LogP contribution in [0, 0.1) is 0 Å². The third-order valence-electron chi connectivity index (χ3n) is 9.88. The first kappa shape index (κ1) is 28.0. The fourth-order valence-corrected chi connectivity index (χ4v) is 8.79. The van der Waals surface area contributed by atoms with Crippen LogP contribution in [0.1, 0.15) is 0 Å². The maximum atomic E-state index is 5.10. The summed E-state index contributed by atoms with van der Waals surface area (Å²) in [5.41, 5.74) is 10.9. The summed E-state index contributed by atoms with van der Waals surface area (Å²) in [6.45, 7) is 0. The van der Waals surface area contributed by atoms with Crippen molar-refractivity contribution in [2.24, 2.45) is 0 Å². The Morgan fingerprint density at radius 2 is 0.816 bits per heavy atom. The Morgan fingerprint density at radius 1 is 0.327 bits per heavy atom. The number of hydrogen-bond acceptors (Lipinski definition) is 2. The van der Waals surface area contributed by atoms with Gasteiger partial charge in [-0.15, -0.1) is 11.3 Å². The fourth-order valence-electron chi connectivity index (χ4n) is 7.70. The Morgan fingerprint density at radius 3 is 1.51 bits per heavy atom. The smallest absolute Gasteiger partial charge is 0.125 e. The van der Waals surface area contributed by atoms with Crippen molar-refractivity contribution in [3.63, 3.8) is 0 Å². The lowest BCUT2D eigenvalue weighted by molar-refractivity contribution is 1.53. The van der Waals surface area contributed by atoms with Crippen LogP contribution in [0.15, 0.2) is 176 Å². The number of pyridine rings is 1. The number of thiophene rings is 1. The average molecular weight is 640 g/mol. The summed E-state index contributed by atoms with van der Waals surface area (Å²) in [5.74, 6) is 0. The molecule has 228 valence electrons. The van der Waals surface area contributed by atoms with E-state index < -0.39 is 0 Å². The third-order valence-corrected chi connectivity index (χ3v) is 10.9. The zero-order valence-corrected chi connectivity index (χ0v) is 27.4. The summed E-state index contributed by atoms with van der Waals surface area (Å²) in [4.78, 5) is 6.18. The SMILES string of the molecule is c1ccc(-c2c3ccccc3c(-c3ccccc3)c3cc(-c4ccc(-c5c6ccccc6nc6sc7ccccc7c56)cc4)ccc23)cc1. The van der Waals surface area contributed by atoms with Crippen LogP contribution >= 0.6 is 11.3 Å². The van der Waals surface area contributed by atoms with E-state index >= 15 is 0 Å². The largest absolute Gasteiger partial charge is 0.237 e. The molecule has 0 fully saturated rings. The molecule has 0 atom stereocenters. The Hall–Kier alpha value is -6.09. The van der Waals surface area contributed by atoms with Crippen LogP contribution < -0.4 is 0 Å². The van der Waals surface area contributed by atoms with E-state index in [1.54, 1.807) is 11.3 Å². The van der Waals surface area contributed by atoms with E-state index in [9.17, 15) is 0 Å². The van der Waals surface area contributed by atoms with Gasteiger partial charge >= 0.3 is 0 Å². The molecule has 10 aromatic rings. The molecule has 0 amide bonds. The first-order chi connectivity index (χ1) is 24.3. The minimum absolute atomic E-state index is 1.03. The van der Waals surface area contributed by atoms with Crippen molar-refractivity contribution in [2.75, 3.05) is 0 Å². The summed E-state index contributed by atoms with van der Waals surface area (Å²) >= 11 is 1.77. The van der Waals surface area contributed by atoms with E-state index in [-0.39, 0.29) is 0 Å². The average Bonchev–Trinajstić information content (AvgIpc) is 3.54. The summed E-state index contributed by atoms with van der Waals surface area (Å²) < 4.78 is 1.27. The molecule has 2 heterocycles. The van der Waals surface area contributed by atoms with Crippen LogP contribution in [-0.2, 0) is 0 Å². The number of nitrogens with zero attached hydrogens (tertiary/aromatic N) is 1. The molecule has 0 aliphatic carbocycles. The molecule has 0 spiro atoms. The Balaban J connectivity index is 1.20. The highest BCUT2D eigenvalue weighted by Gasteiger charge is 2.19. The standard InChI is InChI=1S/C47H29NS/c1-3-13-31(14-4-1)43-35-17-7-8-18-36(35)44(32-15-5-2-6-16-32)40-29-34(27-28-37(40)43)30-23-25-33(26-24-30)45-38-19-9-11-21-41(38)48-47-46(45)39-20-10-12-22-42(39)49-47/h1-29H. The first-order valence-corrected chi connectivity index (χ1v) is 17.5. The fraction of sp³-hybridized carbons (Fsp3) is 0. The predicted octanol–water partition coefficient (Wildman–Crippen LogP) is 13.6. The zero-order chi connectivity index (χ0) is 32.3. The second-order valence-corrected chi connectivity index (χ2v) is 13.7. The maximum Gasteiger partial charge on any atom is 0.125 e. The highest BCUT2D eigenvalue weighted by molar-refractivity contribution is 7.25. The van der Waals surface area contributed by atoms with Gasteiger partial charge in [0, 0.05) is 26.4 Å². The lowest BCUT2D eigenvalue weighted by atomic mass is 9.85. The highest BCUT2D eigenvalue weighted by Crippen LogP contribution is 2.46. The van der Waals surface area contributed by atoms with Gasteiger partial charge in [0.25, 0.3) is 0 Å². The van der Waals surface area contributed by atoms with Gasteiger partial charge in [0.15, 0.2) is 0 Å². The molecule has 0 aliphatic rings. The second-order valence-electron chi connectivity index (χ2n) is 12.6. The number of benzene rings is 8. The van der Waals surface area contributed by atoms with Crippen LogP contribution in [0.2, 0.25) is 0 Å². The molecule has 10 rings (SSSR count). The van der Waals surface area contributed by atoms with Gasteiger partial charge in [-0.05, 0) is 78.7 Å². The molecule has 0 saturated heterocycles. The molecule has 49 heavy (non-hydrogen) atoms. The summed E-state index contributed by atoms with van der Waals surface area (Å²) in [5, 5.41) is 8.76. The van der Waals surface area contributed by atoms with Crippen molar-refractivity contribution in [3.8, 4) is 44.5 Å². The molecule has 0 saturated carbocycles. The van der Waals surface area contributed by atoms with Gasteiger partial charge in [0.2, 0.25) is 0 Å². The van der Waals surface area contributed by atoms with Crippen LogP contribution in [0.4, 0.5) is 0 Å². The number of hydrogen-bond donors (Lipinski definition) is 0. The molecule has 0 aliphatic heterocycles. The van der Waals surface area contributed by atoms with Gasteiger partial charge in [-0.2, -0.15) is 0 Å². The Labute approximate surface area is 288 Å². The van der Waals surface area contributed by atoms with E-state index in [1.165, 1.54) is 86.9 Å². The van der Waals surface area contributed by atoms with Crippen molar-refractivity contribution in [2.45, 2.75) is 0 Å². The van der Waals surface area contributed by atoms with Gasteiger partial charge in [-0.3, -0.25) is 0 Å². The van der Waals surface area contributed by atoms with Gasteiger partial charge in [0.1, 0.15) is 4.83 Å². The lowest BCUT2D eigenvalue weighted by Crippen LogP contribution is -1.91. The zero-order valence-electron chi connectivity index (χ0n) is 26.6. The summed E-state index contributed by atoms with van der Waals surface area (Å²) in [7, 11) is 0. The molecule has 0 bridgehead atoms. The summed E-state index contributed by atoms with van der Waals surface area (Å²) in [6, 6.07) is 63.9. The number of rotatable bonds is 4. The molecule has 0 unspecified atom stereocenters. The van der Waals surface area contributed by atoms with E-state index in [1.807, 2.05) is 0 Å². The van der Waals surface area contributed by atoms with E-state index in [4.69, 9.17) is 4.98 Å². The van der Waals surface area contributed by atoms with E-state index in [2.05, 4.69) is 176 Å². The first-order valence-electron chi connectivity index (χ1n) is 16.7. The van der Waals surface area contributed by atoms with E-state index in [0.717, 1.165) is 10.3 Å². The van der Waals surface area contributed by atoms with Crippen molar-refractivity contribution in [1.29, 1.82) is 0 Å². The molecule has 2 aromatic heterocycles. The van der Waals surface area contributed by atoms with E-state index in [0.29, 0.717) is 0 Å². The van der Waals surface area contributed by atoms with Gasteiger partial charge in [0.05, 0.1) is 5.52 Å². The molecule has 1 nitrogen and oxygen atoms in total. The summed E-state index contributed by atoms with van der Waals surface area (Å²) in [6.07, 6.45) is 0. The number of aromatic nitrogens is 1. The second kappa shape index (κ2) is 11.3. The van der Waals surface area contributed by atoms with Gasteiger partial charge in [-0.1, -0.05) is 158 Å². The quantitative estimate of drug-likeness (QED) is 0.175. The molecule has 0 radical (unpaired) electrons. The Bertz CT molecular complexity index is 2850. The molecule has 8 aromatic carbocycles. The lowest BCUT2D eigenvalue weighted by Gasteiger charge is -2.19. The van der Waals surface area contributed by atoms with Crippen LogP contribution in [0.3, 0.4) is 0 Å². The molecular weight excluding hydrogens is 611 g/mol. The minimum Gasteiger partial charge on any atom is -0.237 e. The van der Waals surface area contributed by atoms with Crippen molar-refractivity contribution in [1.82, 2.24) is 4.98 Å². The van der Waals surface area contributed by atoms with Gasteiger partial charge in [-0.25, -0.2) is 4.98 Å². The van der Waals surface area contributed by atoms with Crippen LogP contribution in [-0.4, -0.2) is 4.98 Å². The Kier molecular flexibility index (Phi) is 6.43. The van der Waals surface area contributed by atoms with Crippen molar-refractivity contribution < 1.29 is 0 Å². The van der Waals surface area contributed by atoms with Crippen LogP contribution in [0.5, 0.6) is 0 Å². The van der Waals surface area contributed by atoms with Gasteiger partial charge < -0.3 is 0 Å². The predicted molar refractivity (Wildman–Crippen MR) is 211 cm³/mol.